The SMILES string of the molecule is CC(C)c1cc(Oc2c(Br)cc(/C(N)=N/O)cc2Br)ccc1O. The third-order valence-electron chi connectivity index (χ3n) is 3.24. The second-order valence-electron chi connectivity index (χ2n) is 5.23. The van der Waals surface area contributed by atoms with Gasteiger partial charge in [0.2, 0.25) is 0 Å². The summed E-state index contributed by atoms with van der Waals surface area (Å²) in [6.45, 7) is 3.99. The van der Waals surface area contributed by atoms with E-state index in [9.17, 15) is 5.11 Å². The minimum Gasteiger partial charge on any atom is -0.508 e. The average molecular weight is 444 g/mol. The minimum atomic E-state index is 0.00433. The lowest BCUT2D eigenvalue weighted by Gasteiger charge is -2.14. The van der Waals surface area contributed by atoms with Gasteiger partial charge in [-0.2, -0.15) is 0 Å². The molecule has 5 nitrogen and oxygen atoms in total. The lowest BCUT2D eigenvalue weighted by Crippen LogP contribution is -2.13. The second-order valence-corrected chi connectivity index (χ2v) is 6.94. The summed E-state index contributed by atoms with van der Waals surface area (Å²) in [5.74, 6) is 1.58. The van der Waals surface area contributed by atoms with Crippen LogP contribution in [-0.4, -0.2) is 16.1 Å². The molecule has 0 spiro atoms. The van der Waals surface area contributed by atoms with Crippen LogP contribution in [0.25, 0.3) is 0 Å². The minimum absolute atomic E-state index is 0.00433. The highest BCUT2D eigenvalue weighted by Crippen LogP contribution is 2.39. The van der Waals surface area contributed by atoms with Crippen LogP contribution in [0.1, 0.15) is 30.9 Å². The Morgan fingerprint density at radius 2 is 1.78 bits per heavy atom. The first-order valence-electron chi connectivity index (χ1n) is 6.81. The summed E-state index contributed by atoms with van der Waals surface area (Å²) in [7, 11) is 0. The number of nitrogens with two attached hydrogens (primary N) is 1. The fourth-order valence-corrected chi connectivity index (χ4v) is 3.39. The van der Waals surface area contributed by atoms with E-state index in [1.54, 1.807) is 30.3 Å². The highest BCUT2D eigenvalue weighted by atomic mass is 79.9. The highest BCUT2D eigenvalue weighted by molar-refractivity contribution is 9.11. The molecule has 0 fully saturated rings. The Bertz CT molecular complexity index is 738. The van der Waals surface area contributed by atoms with E-state index in [0.717, 1.165) is 5.56 Å². The van der Waals surface area contributed by atoms with Crippen molar-refractivity contribution in [3.8, 4) is 17.2 Å². The van der Waals surface area contributed by atoms with Crippen molar-refractivity contribution in [1.29, 1.82) is 0 Å². The molecule has 4 N–H and O–H groups in total. The van der Waals surface area contributed by atoms with Crippen molar-refractivity contribution in [2.75, 3.05) is 0 Å². The number of oxime groups is 1. The molecule has 0 unspecified atom stereocenters. The summed E-state index contributed by atoms with van der Waals surface area (Å²) in [5.41, 5.74) is 6.95. The molecule has 0 aliphatic rings. The molecule has 0 saturated carbocycles. The van der Waals surface area contributed by atoms with Crippen LogP contribution in [-0.2, 0) is 0 Å². The number of rotatable bonds is 4. The summed E-state index contributed by atoms with van der Waals surface area (Å²) in [6.07, 6.45) is 0. The van der Waals surface area contributed by atoms with Crippen molar-refractivity contribution in [1.82, 2.24) is 0 Å². The van der Waals surface area contributed by atoms with Crippen LogP contribution in [0.3, 0.4) is 0 Å². The lowest BCUT2D eigenvalue weighted by atomic mass is 10.0. The number of benzene rings is 2. The third kappa shape index (κ3) is 3.97. The number of aromatic hydroxyl groups is 1. The number of phenolic OH excluding ortho intramolecular Hbond substituents is 1. The molecule has 0 aliphatic carbocycles. The first-order chi connectivity index (χ1) is 10.8. The largest absolute Gasteiger partial charge is 0.508 e. The van der Waals surface area contributed by atoms with Crippen LogP contribution in [0.4, 0.5) is 0 Å². The number of phenols is 1. The van der Waals surface area contributed by atoms with Crippen molar-refractivity contribution in [2.24, 2.45) is 10.9 Å². The van der Waals surface area contributed by atoms with Crippen molar-refractivity contribution in [2.45, 2.75) is 19.8 Å². The van der Waals surface area contributed by atoms with Crippen LogP contribution in [0.5, 0.6) is 17.2 Å². The van der Waals surface area contributed by atoms with Gasteiger partial charge in [0.05, 0.1) is 8.95 Å². The maximum absolute atomic E-state index is 9.88. The van der Waals surface area contributed by atoms with Gasteiger partial charge in [-0.25, -0.2) is 0 Å². The Balaban J connectivity index is 2.39. The Morgan fingerprint density at radius 3 is 2.30 bits per heavy atom. The van der Waals surface area contributed by atoms with Crippen LogP contribution >= 0.6 is 31.9 Å². The standard InChI is InChI=1S/C16H16Br2N2O3/c1-8(2)11-7-10(3-4-14(11)21)23-15-12(17)5-9(6-13(15)18)16(19)20-22/h3-8,21-22H,1-2H3,(H2,19,20). The molecule has 0 amide bonds. The molecule has 0 aliphatic heterocycles. The van der Waals surface area contributed by atoms with Gasteiger partial charge in [0, 0.05) is 11.1 Å². The Labute approximate surface area is 151 Å². The Hall–Kier alpha value is -1.73. The predicted molar refractivity (Wildman–Crippen MR) is 96.6 cm³/mol. The monoisotopic (exact) mass is 442 g/mol. The molecule has 2 aromatic rings. The van der Waals surface area contributed by atoms with Crippen LogP contribution in [0, 0.1) is 0 Å². The summed E-state index contributed by atoms with van der Waals surface area (Å²) in [5, 5.41) is 21.6. The van der Waals surface area contributed by atoms with Crippen molar-refractivity contribution < 1.29 is 15.1 Å². The van der Waals surface area contributed by atoms with Gasteiger partial charge in [-0.05, 0) is 68.1 Å². The highest BCUT2D eigenvalue weighted by Gasteiger charge is 2.14. The molecule has 0 heterocycles. The number of halogens is 2. The summed E-state index contributed by atoms with van der Waals surface area (Å²) in [6, 6.07) is 8.49. The zero-order chi connectivity index (χ0) is 17.1. The molecule has 0 atom stereocenters. The number of hydrogen-bond acceptors (Lipinski definition) is 4. The maximum atomic E-state index is 9.88. The fraction of sp³-hybridized carbons (Fsp3) is 0.188. The van der Waals surface area contributed by atoms with E-state index in [1.165, 1.54) is 0 Å². The zero-order valence-corrected chi connectivity index (χ0v) is 15.7. The molecule has 122 valence electrons. The first-order valence-corrected chi connectivity index (χ1v) is 8.39. The van der Waals surface area contributed by atoms with Crippen molar-refractivity contribution in [3.05, 3.63) is 50.4 Å². The van der Waals surface area contributed by atoms with Crippen LogP contribution < -0.4 is 10.5 Å². The number of ether oxygens (including phenoxy) is 1. The summed E-state index contributed by atoms with van der Waals surface area (Å²) in [4.78, 5) is 0. The molecular formula is C16H16Br2N2O3. The Morgan fingerprint density at radius 1 is 1.17 bits per heavy atom. The summed E-state index contributed by atoms with van der Waals surface area (Å²) < 4.78 is 7.20. The van der Waals surface area contributed by atoms with Gasteiger partial charge in [-0.15, -0.1) is 0 Å². The molecule has 0 bridgehead atoms. The van der Waals surface area contributed by atoms with Crippen LogP contribution in [0.2, 0.25) is 0 Å². The van der Waals surface area contributed by atoms with Gasteiger partial charge in [0.25, 0.3) is 0 Å². The molecule has 0 saturated heterocycles. The lowest BCUT2D eigenvalue weighted by molar-refractivity contribution is 0.318. The van der Waals surface area contributed by atoms with Gasteiger partial charge in [-0.3, -0.25) is 0 Å². The van der Waals surface area contributed by atoms with E-state index in [4.69, 9.17) is 15.7 Å². The van der Waals surface area contributed by atoms with Gasteiger partial charge in [0.15, 0.2) is 11.6 Å². The van der Waals surface area contributed by atoms with Gasteiger partial charge < -0.3 is 20.8 Å². The molecule has 0 radical (unpaired) electrons. The van der Waals surface area contributed by atoms with Crippen molar-refractivity contribution in [3.63, 3.8) is 0 Å². The van der Waals surface area contributed by atoms with E-state index < -0.39 is 0 Å². The molecule has 2 aromatic carbocycles. The van der Waals surface area contributed by atoms with Gasteiger partial charge in [0.1, 0.15) is 11.5 Å². The topological polar surface area (TPSA) is 88.1 Å². The summed E-state index contributed by atoms with van der Waals surface area (Å²) >= 11 is 6.84. The van der Waals surface area contributed by atoms with Crippen molar-refractivity contribution >= 4 is 37.7 Å². The third-order valence-corrected chi connectivity index (χ3v) is 4.42. The van der Waals surface area contributed by atoms with E-state index >= 15 is 0 Å². The number of amidine groups is 1. The van der Waals surface area contributed by atoms with E-state index in [1.807, 2.05) is 13.8 Å². The quantitative estimate of drug-likeness (QED) is 0.270. The fourth-order valence-electron chi connectivity index (χ4n) is 2.04. The molecule has 2 rings (SSSR count). The number of hydrogen-bond donors (Lipinski definition) is 3. The van der Waals surface area contributed by atoms with E-state index in [0.29, 0.717) is 26.0 Å². The maximum Gasteiger partial charge on any atom is 0.170 e. The van der Waals surface area contributed by atoms with Crippen LogP contribution in [0.15, 0.2) is 44.4 Å². The Kier molecular flexibility index (Phi) is 5.54. The first kappa shape index (κ1) is 17.6. The van der Waals surface area contributed by atoms with E-state index in [2.05, 4.69) is 37.0 Å². The molecule has 7 heteroatoms. The van der Waals surface area contributed by atoms with Gasteiger partial charge >= 0.3 is 0 Å². The molecular weight excluding hydrogens is 428 g/mol. The second kappa shape index (κ2) is 7.23. The number of nitrogens with zero attached hydrogens (tertiary/aromatic N) is 1. The molecule has 23 heavy (non-hydrogen) atoms. The normalized spacial score (nSPS) is 11.8. The molecule has 0 aromatic heterocycles. The zero-order valence-electron chi connectivity index (χ0n) is 12.5. The smallest absolute Gasteiger partial charge is 0.170 e. The predicted octanol–water partition coefficient (Wildman–Crippen LogP) is 4.93. The van der Waals surface area contributed by atoms with Gasteiger partial charge in [-0.1, -0.05) is 19.0 Å². The average Bonchev–Trinajstić information content (AvgIpc) is 2.51. The van der Waals surface area contributed by atoms with E-state index in [-0.39, 0.29) is 17.5 Å².